The number of hydrogen-bond acceptors (Lipinski definition) is 11. The summed E-state index contributed by atoms with van der Waals surface area (Å²) in [5, 5.41) is 8.93. The van der Waals surface area contributed by atoms with E-state index >= 15 is 0 Å². The van der Waals surface area contributed by atoms with Crippen LogP contribution in [0.15, 0.2) is 78.9 Å². The number of piperazine rings is 1. The minimum atomic E-state index is -1.88. The maximum atomic E-state index is 14.8. The fraction of sp³-hybridized carbons (Fsp3) is 0.281. The number of fused-ring (bicyclic) bond motifs is 2. The summed E-state index contributed by atoms with van der Waals surface area (Å²) in [6, 6.07) is 23.0. The van der Waals surface area contributed by atoms with E-state index in [1.807, 2.05) is 0 Å². The molecule has 0 N–H and O–H groups in total. The Labute approximate surface area is 267 Å². The summed E-state index contributed by atoms with van der Waals surface area (Å²) in [5.74, 6) is 0.106. The number of nitrogens with zero attached hydrogens (tertiary/aromatic N) is 3. The average Bonchev–Trinajstić information content (AvgIpc) is 3.60. The Hall–Kier alpha value is -4.67. The SMILES string of the molecule is CN1C(=O)C2(SC(=O)Oc3ccccc3)C[C@](C)(C#N)[C@H](c3ccc4c(c3)OCO4)N2C(=O)[C@]1(C)SC(=O)Oc1ccccc1. The van der Waals surface area contributed by atoms with Crippen molar-refractivity contribution in [2.45, 2.75) is 36.1 Å². The Morgan fingerprint density at radius 3 is 2.04 bits per heavy atom. The number of para-hydroxylation sites is 2. The molecule has 3 aliphatic heterocycles. The maximum absolute atomic E-state index is 14.8. The van der Waals surface area contributed by atoms with Crippen LogP contribution in [0, 0.1) is 16.7 Å². The van der Waals surface area contributed by atoms with Gasteiger partial charge in [-0.2, -0.15) is 5.26 Å². The van der Waals surface area contributed by atoms with Gasteiger partial charge in [-0.25, -0.2) is 9.59 Å². The Kier molecular flexibility index (Phi) is 7.66. The zero-order valence-electron chi connectivity index (χ0n) is 24.4. The fourth-order valence-electron chi connectivity index (χ4n) is 5.91. The molecule has 3 aliphatic rings. The second-order valence-electron chi connectivity index (χ2n) is 11.1. The molecule has 11 nitrogen and oxygen atoms in total. The molecule has 2 saturated heterocycles. The maximum Gasteiger partial charge on any atom is 0.375 e. The van der Waals surface area contributed by atoms with Crippen molar-refractivity contribution in [3.05, 3.63) is 84.4 Å². The van der Waals surface area contributed by atoms with Crippen LogP contribution in [0.2, 0.25) is 0 Å². The van der Waals surface area contributed by atoms with Gasteiger partial charge < -0.3 is 28.7 Å². The molecule has 3 aromatic rings. The first-order valence-electron chi connectivity index (χ1n) is 13.9. The third-order valence-corrected chi connectivity index (χ3v) is 10.3. The molecule has 13 heteroatoms. The zero-order valence-corrected chi connectivity index (χ0v) is 26.1. The number of carbonyl (C=O) groups excluding carboxylic acids is 4. The van der Waals surface area contributed by atoms with Crippen LogP contribution in [0.4, 0.5) is 9.59 Å². The summed E-state index contributed by atoms with van der Waals surface area (Å²) in [4.78, 5) is 54.7. The molecule has 230 valence electrons. The van der Waals surface area contributed by atoms with Crippen molar-refractivity contribution >= 4 is 45.9 Å². The van der Waals surface area contributed by atoms with E-state index in [1.54, 1.807) is 85.8 Å². The van der Waals surface area contributed by atoms with Crippen LogP contribution >= 0.6 is 23.5 Å². The smallest absolute Gasteiger partial charge is 0.375 e. The number of nitriles is 1. The number of thioether (sulfide) groups is 2. The molecule has 3 heterocycles. The standard InChI is InChI=1S/C32H27N3O8S2/c1-30(18-33)17-32(45-29(39)43-22-12-8-5-9-13-22)27(37)34(3)31(2,44-28(38)42-21-10-6-4-7-11-21)26(36)35(32)25(30)20-14-15-23-24(16-20)41-19-40-23/h4-16,25H,17,19H2,1-3H3/t25-,30+,31-,32?/m0/s1. The summed E-state index contributed by atoms with van der Waals surface area (Å²) in [7, 11) is 1.39. The second-order valence-corrected chi connectivity index (χ2v) is 13.6. The number of ether oxygens (including phenoxy) is 4. The van der Waals surface area contributed by atoms with Crippen molar-refractivity contribution < 1.29 is 38.1 Å². The zero-order chi connectivity index (χ0) is 32.0. The van der Waals surface area contributed by atoms with E-state index in [9.17, 15) is 24.4 Å². The molecule has 0 aromatic heterocycles. The van der Waals surface area contributed by atoms with E-state index in [0.717, 1.165) is 4.90 Å². The third-order valence-electron chi connectivity index (χ3n) is 8.14. The first-order valence-corrected chi connectivity index (χ1v) is 15.5. The van der Waals surface area contributed by atoms with Crippen LogP contribution in [0.3, 0.4) is 0 Å². The van der Waals surface area contributed by atoms with Gasteiger partial charge in [-0.05, 0) is 79.3 Å². The molecule has 2 fully saturated rings. The summed E-state index contributed by atoms with van der Waals surface area (Å²) in [6.07, 6.45) is -0.200. The lowest BCUT2D eigenvalue weighted by Crippen LogP contribution is -2.71. The summed E-state index contributed by atoms with van der Waals surface area (Å²) in [6.45, 7) is 3.09. The van der Waals surface area contributed by atoms with E-state index in [4.69, 9.17) is 18.9 Å². The molecule has 3 aromatic carbocycles. The van der Waals surface area contributed by atoms with Crippen molar-refractivity contribution in [1.29, 1.82) is 5.26 Å². The van der Waals surface area contributed by atoms with Crippen molar-refractivity contribution in [2.24, 2.45) is 5.41 Å². The normalized spacial score (nSPS) is 26.7. The molecular weight excluding hydrogens is 618 g/mol. The number of amides is 2. The topological polar surface area (TPSA) is 135 Å². The molecule has 6 rings (SSSR count). The van der Waals surface area contributed by atoms with Crippen LogP contribution in [0.25, 0.3) is 0 Å². The summed E-state index contributed by atoms with van der Waals surface area (Å²) in [5.41, 5.74) is -0.868. The van der Waals surface area contributed by atoms with Crippen LogP contribution < -0.4 is 18.9 Å². The second kappa shape index (κ2) is 11.4. The average molecular weight is 646 g/mol. The lowest BCUT2D eigenvalue weighted by molar-refractivity contribution is -0.163. The molecule has 0 spiro atoms. The van der Waals surface area contributed by atoms with Crippen LogP contribution in [-0.2, 0) is 9.59 Å². The molecule has 2 amide bonds. The van der Waals surface area contributed by atoms with Crippen molar-refractivity contribution in [2.75, 3.05) is 13.8 Å². The lowest BCUT2D eigenvalue weighted by Gasteiger charge is -2.52. The predicted molar refractivity (Wildman–Crippen MR) is 165 cm³/mol. The highest BCUT2D eigenvalue weighted by atomic mass is 32.2. The highest BCUT2D eigenvalue weighted by Crippen LogP contribution is 2.63. The molecular formula is C32H27N3O8S2. The van der Waals surface area contributed by atoms with Gasteiger partial charge in [-0.1, -0.05) is 42.5 Å². The van der Waals surface area contributed by atoms with Crippen LogP contribution in [0.1, 0.15) is 31.9 Å². The van der Waals surface area contributed by atoms with E-state index < -0.39 is 43.6 Å². The van der Waals surface area contributed by atoms with Gasteiger partial charge in [-0.15, -0.1) is 0 Å². The van der Waals surface area contributed by atoms with Gasteiger partial charge in [0.1, 0.15) is 11.5 Å². The van der Waals surface area contributed by atoms with Crippen LogP contribution in [0.5, 0.6) is 23.0 Å². The first-order chi connectivity index (χ1) is 21.5. The van der Waals surface area contributed by atoms with E-state index in [1.165, 1.54) is 18.9 Å². The van der Waals surface area contributed by atoms with E-state index in [2.05, 4.69) is 6.07 Å². The molecule has 45 heavy (non-hydrogen) atoms. The third kappa shape index (κ3) is 5.13. The highest BCUT2D eigenvalue weighted by molar-refractivity contribution is 8.15. The Morgan fingerprint density at radius 2 is 1.44 bits per heavy atom. The predicted octanol–water partition coefficient (Wildman–Crippen LogP) is 5.97. The number of carbonyl (C=O) groups is 4. The Morgan fingerprint density at radius 1 is 0.867 bits per heavy atom. The Bertz CT molecular complexity index is 1740. The van der Waals surface area contributed by atoms with Crippen molar-refractivity contribution in [1.82, 2.24) is 9.80 Å². The minimum absolute atomic E-state index is 0.00818. The Balaban J connectivity index is 1.44. The van der Waals surface area contributed by atoms with Gasteiger partial charge in [0.25, 0.3) is 11.8 Å². The van der Waals surface area contributed by atoms with Gasteiger partial charge in [0.2, 0.25) is 6.79 Å². The molecule has 4 atom stereocenters. The lowest BCUT2D eigenvalue weighted by atomic mass is 9.79. The number of rotatable bonds is 5. The minimum Gasteiger partial charge on any atom is -0.454 e. The van der Waals surface area contributed by atoms with Crippen molar-refractivity contribution in [3.8, 4) is 29.1 Å². The van der Waals surface area contributed by atoms with Gasteiger partial charge in [0.05, 0.1) is 17.5 Å². The van der Waals surface area contributed by atoms with Crippen molar-refractivity contribution in [3.63, 3.8) is 0 Å². The monoisotopic (exact) mass is 645 g/mol. The summed E-state index contributed by atoms with van der Waals surface area (Å²) >= 11 is 1.06. The molecule has 0 saturated carbocycles. The molecule has 0 aliphatic carbocycles. The van der Waals surface area contributed by atoms with Gasteiger partial charge >= 0.3 is 10.6 Å². The van der Waals surface area contributed by atoms with Gasteiger partial charge in [0.15, 0.2) is 21.2 Å². The van der Waals surface area contributed by atoms with E-state index in [0.29, 0.717) is 40.6 Å². The quantitative estimate of drug-likeness (QED) is 0.304. The molecule has 1 unspecified atom stereocenters. The molecule has 0 bridgehead atoms. The van der Waals surface area contributed by atoms with Gasteiger partial charge in [-0.3, -0.25) is 9.59 Å². The first kappa shape index (κ1) is 30.4. The number of likely N-dealkylation sites (N-methyl/N-ethyl adjacent to an activating group) is 1. The number of benzene rings is 3. The van der Waals surface area contributed by atoms with E-state index in [-0.39, 0.29) is 24.7 Å². The van der Waals surface area contributed by atoms with Crippen LogP contribution in [-0.4, -0.2) is 55.8 Å². The van der Waals surface area contributed by atoms with Gasteiger partial charge in [0, 0.05) is 13.5 Å². The summed E-state index contributed by atoms with van der Waals surface area (Å²) < 4.78 is 22.0. The largest absolute Gasteiger partial charge is 0.454 e. The number of hydrogen-bond donors (Lipinski definition) is 0. The fourth-order valence-corrected chi connectivity index (χ4v) is 8.07. The molecule has 0 radical (unpaired) electrons. The highest BCUT2D eigenvalue weighted by Gasteiger charge is 2.72.